The molecule has 8 N–H and O–H groups in total. The third kappa shape index (κ3) is 7.49. The fraction of sp³-hybridized carbons (Fsp3) is 0.700. The predicted molar refractivity (Wildman–Crippen MR) is 71.4 cm³/mol. The molecule has 1 amide bonds. The third-order valence-electron chi connectivity index (χ3n) is 2.26. The van der Waals surface area contributed by atoms with Crippen LogP contribution in [0.25, 0.3) is 0 Å². The number of carbonyl (C=O) groups is 2. The Morgan fingerprint density at radius 2 is 2.00 bits per heavy atom. The molecule has 9 nitrogen and oxygen atoms in total. The summed E-state index contributed by atoms with van der Waals surface area (Å²) in [5, 5.41) is 17.8. The molecule has 0 aliphatic heterocycles. The fourth-order valence-corrected chi connectivity index (χ4v) is 2.25. The van der Waals surface area contributed by atoms with Gasteiger partial charge in [0.05, 0.1) is 20.9 Å². The lowest BCUT2D eigenvalue weighted by molar-refractivity contribution is -0.155. The smallest absolute Gasteiger partial charge is 0.330 e. The van der Waals surface area contributed by atoms with Crippen molar-refractivity contribution in [3.05, 3.63) is 0 Å². The molecule has 0 fully saturated rings. The van der Waals surface area contributed by atoms with Crippen molar-refractivity contribution in [2.24, 2.45) is 17.2 Å². The van der Waals surface area contributed by atoms with Crippen LogP contribution < -0.4 is 22.1 Å². The average molecular weight is 309 g/mol. The minimum absolute atomic E-state index is 0.00205. The standard InChI is InChI=1S/C10H20N3O6P/c11-3-9(20(18)5-6(15)4-14)19-10(17)7(12)1-2-8(13)16/h6-7,14-15H,1-5,11-12H2,(H2,13,16)/t6?,7-/m0/s1. The molecule has 10 heteroatoms. The summed E-state index contributed by atoms with van der Waals surface area (Å²) in [5.41, 5.74) is 15.5. The number of rotatable bonds is 9. The highest BCUT2D eigenvalue weighted by atomic mass is 31.1. The van der Waals surface area contributed by atoms with E-state index in [4.69, 9.17) is 32.2 Å². The lowest BCUT2D eigenvalue weighted by Gasteiger charge is -2.12. The van der Waals surface area contributed by atoms with Crippen molar-refractivity contribution in [2.45, 2.75) is 25.0 Å². The van der Waals surface area contributed by atoms with Gasteiger partial charge in [0, 0.05) is 6.42 Å². The summed E-state index contributed by atoms with van der Waals surface area (Å²) in [6, 6.07) is -1.09. The van der Waals surface area contributed by atoms with Crippen molar-refractivity contribution in [2.75, 3.05) is 19.3 Å². The molecule has 0 rings (SSSR count). The van der Waals surface area contributed by atoms with Crippen molar-refractivity contribution < 1.29 is 29.4 Å². The van der Waals surface area contributed by atoms with E-state index in [2.05, 4.69) is 0 Å². The number of ether oxygens (including phenoxy) is 1. The van der Waals surface area contributed by atoms with Gasteiger partial charge in [-0.1, -0.05) is 0 Å². The van der Waals surface area contributed by atoms with Gasteiger partial charge >= 0.3 is 5.97 Å². The molecule has 2 unspecified atom stereocenters. The summed E-state index contributed by atoms with van der Waals surface area (Å²) in [4.78, 5) is 33.9. The number of primary amides is 1. The first-order chi connectivity index (χ1) is 9.31. The fourth-order valence-electron chi connectivity index (χ4n) is 1.15. The van der Waals surface area contributed by atoms with Crippen LogP contribution in [0.1, 0.15) is 12.8 Å². The molecule has 3 atom stereocenters. The number of nitrogens with two attached hydrogens (primary N) is 3. The molecule has 0 radical (unpaired) electrons. The Morgan fingerprint density at radius 1 is 1.40 bits per heavy atom. The number of aliphatic hydroxyl groups is 2. The van der Waals surface area contributed by atoms with E-state index < -0.39 is 38.4 Å². The second-order valence-corrected chi connectivity index (χ2v) is 5.65. The molecule has 0 saturated heterocycles. The second kappa shape index (κ2) is 9.76. The highest BCUT2D eigenvalue weighted by Crippen LogP contribution is 2.16. The van der Waals surface area contributed by atoms with Crippen LogP contribution in [0.4, 0.5) is 0 Å². The summed E-state index contributed by atoms with van der Waals surface area (Å²) >= 11 is 0. The molecule has 0 bridgehead atoms. The molecular weight excluding hydrogens is 289 g/mol. The van der Waals surface area contributed by atoms with Crippen LogP contribution >= 0.6 is 7.77 Å². The molecule has 0 spiro atoms. The summed E-state index contributed by atoms with van der Waals surface area (Å²) in [6.45, 7) is -0.855. The van der Waals surface area contributed by atoms with Crippen molar-refractivity contribution in [1.82, 2.24) is 0 Å². The molecular formula is C10H20N3O6P. The van der Waals surface area contributed by atoms with Crippen LogP contribution in [0.15, 0.2) is 0 Å². The van der Waals surface area contributed by atoms with Crippen molar-refractivity contribution in [1.29, 1.82) is 0 Å². The highest BCUT2D eigenvalue weighted by Gasteiger charge is 2.22. The molecule has 0 aliphatic carbocycles. The normalized spacial score (nSPS) is 15.2. The van der Waals surface area contributed by atoms with E-state index in [0.29, 0.717) is 0 Å². The van der Waals surface area contributed by atoms with Crippen LogP contribution in [0.2, 0.25) is 0 Å². The first-order valence-electron chi connectivity index (χ1n) is 5.86. The van der Waals surface area contributed by atoms with E-state index in [1.165, 1.54) is 0 Å². The molecule has 0 saturated carbocycles. The largest absolute Gasteiger partial charge is 0.628 e. The third-order valence-corrected chi connectivity index (χ3v) is 3.85. The van der Waals surface area contributed by atoms with Gasteiger partial charge in [-0.15, -0.1) is 0 Å². The van der Waals surface area contributed by atoms with Gasteiger partial charge in [0.25, 0.3) is 5.48 Å². The first-order valence-corrected chi connectivity index (χ1v) is 7.31. The van der Waals surface area contributed by atoms with E-state index >= 15 is 0 Å². The van der Waals surface area contributed by atoms with Gasteiger partial charge in [0.15, 0.2) is 0 Å². The first kappa shape index (κ1) is 18.9. The minimum Gasteiger partial charge on any atom is -0.628 e. The number of carbonyl (C=O) groups excluding carboxylic acids is 2. The number of amides is 1. The molecule has 0 aromatic rings. The lowest BCUT2D eigenvalue weighted by Crippen LogP contribution is -2.36. The van der Waals surface area contributed by atoms with Crippen molar-refractivity contribution >= 4 is 25.1 Å². The van der Waals surface area contributed by atoms with Gasteiger partial charge in [-0.05, 0) is 6.42 Å². The molecule has 20 heavy (non-hydrogen) atoms. The van der Waals surface area contributed by atoms with E-state index in [9.17, 15) is 14.5 Å². The van der Waals surface area contributed by atoms with E-state index in [0.717, 1.165) is 0 Å². The zero-order valence-electron chi connectivity index (χ0n) is 10.9. The second-order valence-electron chi connectivity index (χ2n) is 4.03. The van der Waals surface area contributed by atoms with Crippen LogP contribution in [0.3, 0.4) is 0 Å². The summed E-state index contributed by atoms with van der Waals surface area (Å²) in [6.07, 6.45) is -1.55. The molecule has 116 valence electrons. The average Bonchev–Trinajstić information content (AvgIpc) is 2.41. The molecule has 0 aromatic heterocycles. The monoisotopic (exact) mass is 309 g/mol. The number of aliphatic hydroxyl groups excluding tert-OH is 2. The Labute approximate surface area is 117 Å². The highest BCUT2D eigenvalue weighted by molar-refractivity contribution is 7.51. The van der Waals surface area contributed by atoms with Gasteiger partial charge in [-0.3, -0.25) is 4.79 Å². The van der Waals surface area contributed by atoms with Gasteiger partial charge < -0.3 is 37.0 Å². The van der Waals surface area contributed by atoms with Crippen LogP contribution in [0.5, 0.6) is 0 Å². The Morgan fingerprint density at radius 3 is 2.45 bits per heavy atom. The van der Waals surface area contributed by atoms with Gasteiger partial charge in [0.1, 0.15) is 18.3 Å². The lowest BCUT2D eigenvalue weighted by atomic mass is 10.1. The SMILES string of the molecule is NC/C(OC(=O)[C@@H](N)CCC(N)=O)=[P+](/[O-])CC(O)CO. The quantitative estimate of drug-likeness (QED) is 0.213. The van der Waals surface area contributed by atoms with Crippen LogP contribution in [-0.2, 0) is 14.3 Å². The maximum atomic E-state index is 11.7. The maximum Gasteiger partial charge on any atom is 0.330 e. The van der Waals surface area contributed by atoms with Crippen molar-refractivity contribution in [3.8, 4) is 0 Å². The Balaban J connectivity index is 4.58. The zero-order chi connectivity index (χ0) is 15.7. The van der Waals surface area contributed by atoms with Gasteiger partial charge in [-0.2, -0.15) is 0 Å². The Hall–Kier alpha value is -1.09. The minimum atomic E-state index is -2.23. The van der Waals surface area contributed by atoms with Crippen LogP contribution in [-0.4, -0.2) is 59.0 Å². The molecule has 0 heterocycles. The van der Waals surface area contributed by atoms with Gasteiger partial charge in [-0.25, -0.2) is 4.79 Å². The topological polar surface area (TPSA) is 185 Å². The maximum absolute atomic E-state index is 11.7. The molecule has 0 aliphatic rings. The zero-order valence-corrected chi connectivity index (χ0v) is 11.8. The number of hydrogen-bond acceptors (Lipinski definition) is 8. The van der Waals surface area contributed by atoms with E-state index in [1.54, 1.807) is 0 Å². The summed E-state index contributed by atoms with van der Waals surface area (Å²) in [7, 11) is -2.23. The predicted octanol–water partition coefficient (Wildman–Crippen LogP) is -3.68. The summed E-state index contributed by atoms with van der Waals surface area (Å²) in [5.74, 6) is -1.48. The van der Waals surface area contributed by atoms with Crippen molar-refractivity contribution in [3.63, 3.8) is 0 Å². The Bertz CT molecular complexity index is 376. The number of esters is 1. The van der Waals surface area contributed by atoms with E-state index in [-0.39, 0.29) is 31.0 Å². The van der Waals surface area contributed by atoms with Crippen LogP contribution in [0, 0.1) is 0 Å². The molecule has 0 aromatic carbocycles. The van der Waals surface area contributed by atoms with E-state index in [1.807, 2.05) is 0 Å². The number of hydrogen-bond donors (Lipinski definition) is 5. The van der Waals surface area contributed by atoms with Gasteiger partial charge in [0.2, 0.25) is 5.91 Å². The Kier molecular flexibility index (Phi) is 9.23. The summed E-state index contributed by atoms with van der Waals surface area (Å²) < 4.78 is 4.80.